The van der Waals surface area contributed by atoms with Gasteiger partial charge >= 0.3 is 0 Å². The van der Waals surface area contributed by atoms with Gasteiger partial charge in [0.2, 0.25) is 0 Å². The lowest BCUT2D eigenvalue weighted by Gasteiger charge is -2.11. The van der Waals surface area contributed by atoms with E-state index < -0.39 is 0 Å². The minimum Gasteiger partial charge on any atom is -0.497 e. The number of nitrogens with zero attached hydrogens (tertiary/aromatic N) is 2. The molecule has 0 aromatic heterocycles. The Hall–Kier alpha value is -2.55. The Bertz CT molecular complexity index is 662. The van der Waals surface area contributed by atoms with E-state index >= 15 is 0 Å². The molecule has 3 rings (SSSR count). The predicted octanol–water partition coefficient (Wildman–Crippen LogP) is 3.69. The number of allylic oxidation sites excluding steroid dienone is 6. The van der Waals surface area contributed by atoms with Gasteiger partial charge < -0.3 is 9.64 Å². The lowest BCUT2D eigenvalue weighted by molar-refractivity contribution is 0.415. The van der Waals surface area contributed by atoms with Crippen LogP contribution < -0.4 is 4.74 Å². The molecule has 2 aliphatic heterocycles. The second kappa shape index (κ2) is 5.21. The Morgan fingerprint density at radius 2 is 1.95 bits per heavy atom. The van der Waals surface area contributed by atoms with Gasteiger partial charge in [-0.2, -0.15) is 0 Å². The van der Waals surface area contributed by atoms with Crippen LogP contribution in [0, 0.1) is 0 Å². The summed E-state index contributed by atoms with van der Waals surface area (Å²) in [5, 5.41) is 0. The second-order valence-corrected chi connectivity index (χ2v) is 4.73. The standard InChI is InChI=1S/C17H16N2O/c1-19-9-7-13(8-10-19)3-4-14-12-18-17-11-15(20-2)5-6-16(14)17/h3-12H,1-2H3/b14-4+. The fraction of sp³-hybridized carbons (Fsp3) is 0.118. The number of benzene rings is 1. The van der Waals surface area contributed by atoms with Crippen molar-refractivity contribution < 1.29 is 4.74 Å². The molecule has 0 saturated heterocycles. The van der Waals surface area contributed by atoms with E-state index in [1.54, 1.807) is 7.11 Å². The van der Waals surface area contributed by atoms with Gasteiger partial charge in [-0.15, -0.1) is 0 Å². The van der Waals surface area contributed by atoms with Crippen molar-refractivity contribution in [3.63, 3.8) is 0 Å². The van der Waals surface area contributed by atoms with Gasteiger partial charge in [-0.25, -0.2) is 0 Å². The summed E-state index contributed by atoms with van der Waals surface area (Å²) in [5.41, 5.74) is 4.40. The monoisotopic (exact) mass is 264 g/mol. The van der Waals surface area contributed by atoms with Gasteiger partial charge in [0, 0.05) is 42.9 Å². The summed E-state index contributed by atoms with van der Waals surface area (Å²) in [4.78, 5) is 6.44. The molecule has 2 heterocycles. The van der Waals surface area contributed by atoms with Crippen LogP contribution in [0.4, 0.5) is 5.69 Å². The van der Waals surface area contributed by atoms with E-state index in [9.17, 15) is 0 Å². The third kappa shape index (κ3) is 2.43. The molecule has 0 unspecified atom stereocenters. The van der Waals surface area contributed by atoms with Crippen molar-refractivity contribution in [1.82, 2.24) is 4.90 Å². The molecule has 0 radical (unpaired) electrons. The topological polar surface area (TPSA) is 24.8 Å². The molecule has 3 heteroatoms. The highest BCUT2D eigenvalue weighted by Gasteiger charge is 2.12. The van der Waals surface area contributed by atoms with Crippen molar-refractivity contribution in [1.29, 1.82) is 0 Å². The lowest BCUT2D eigenvalue weighted by Crippen LogP contribution is -2.02. The van der Waals surface area contributed by atoms with Crippen LogP contribution in [0.5, 0.6) is 5.75 Å². The summed E-state index contributed by atoms with van der Waals surface area (Å²) in [6, 6.07) is 5.96. The van der Waals surface area contributed by atoms with Crippen molar-refractivity contribution >= 4 is 17.5 Å². The second-order valence-electron chi connectivity index (χ2n) is 4.73. The maximum absolute atomic E-state index is 5.21. The Labute approximate surface area is 118 Å². The summed E-state index contributed by atoms with van der Waals surface area (Å²) in [6.45, 7) is 0. The molecule has 0 amide bonds. The molecule has 1 aromatic rings. The van der Waals surface area contributed by atoms with E-state index in [1.807, 2.05) is 48.8 Å². The summed E-state index contributed by atoms with van der Waals surface area (Å²) < 4.78 is 5.21. The van der Waals surface area contributed by atoms with Gasteiger partial charge in [0.1, 0.15) is 5.75 Å². The number of hydrogen-bond donors (Lipinski definition) is 0. The molecule has 20 heavy (non-hydrogen) atoms. The molecule has 0 atom stereocenters. The van der Waals surface area contributed by atoms with E-state index in [-0.39, 0.29) is 0 Å². The summed E-state index contributed by atoms with van der Waals surface area (Å²) in [6.07, 6.45) is 14.3. The SMILES string of the molecule is COc1ccc2c(c1)N=C/C2=C\C=C1C=CN(C)C=C1. The van der Waals surface area contributed by atoms with Gasteiger partial charge in [0.05, 0.1) is 12.8 Å². The first kappa shape index (κ1) is 12.5. The third-order valence-electron chi connectivity index (χ3n) is 3.32. The lowest BCUT2D eigenvalue weighted by atomic mass is 10.1. The van der Waals surface area contributed by atoms with Gasteiger partial charge in [-0.3, -0.25) is 4.99 Å². The van der Waals surface area contributed by atoms with E-state index in [0.29, 0.717) is 0 Å². The van der Waals surface area contributed by atoms with E-state index in [0.717, 1.165) is 22.6 Å². The number of aliphatic imine (C=N–C) groups is 1. The molecular weight excluding hydrogens is 248 g/mol. The number of fused-ring (bicyclic) bond motifs is 1. The van der Waals surface area contributed by atoms with Gasteiger partial charge in [-0.1, -0.05) is 12.2 Å². The third-order valence-corrected chi connectivity index (χ3v) is 3.32. The van der Waals surface area contributed by atoms with Crippen molar-refractivity contribution in [3.05, 3.63) is 66.0 Å². The molecule has 0 N–H and O–H groups in total. The van der Waals surface area contributed by atoms with Gasteiger partial charge in [0.15, 0.2) is 0 Å². The van der Waals surface area contributed by atoms with Crippen molar-refractivity contribution in [2.75, 3.05) is 14.2 Å². The first-order valence-corrected chi connectivity index (χ1v) is 6.49. The predicted molar refractivity (Wildman–Crippen MR) is 83.2 cm³/mol. The zero-order chi connectivity index (χ0) is 13.9. The van der Waals surface area contributed by atoms with Crippen LogP contribution >= 0.6 is 0 Å². The van der Waals surface area contributed by atoms with Crippen molar-refractivity contribution in [2.24, 2.45) is 4.99 Å². The van der Waals surface area contributed by atoms with Crippen molar-refractivity contribution in [3.8, 4) is 5.75 Å². The van der Waals surface area contributed by atoms with Crippen molar-refractivity contribution in [2.45, 2.75) is 0 Å². The normalized spacial score (nSPS) is 17.8. The fourth-order valence-corrected chi connectivity index (χ4v) is 2.14. The zero-order valence-electron chi connectivity index (χ0n) is 11.6. The molecule has 2 aliphatic rings. The van der Waals surface area contributed by atoms with Crippen LogP contribution in [0.25, 0.3) is 5.57 Å². The highest BCUT2D eigenvalue weighted by atomic mass is 16.5. The molecule has 3 nitrogen and oxygen atoms in total. The van der Waals surface area contributed by atoms with E-state index in [1.165, 1.54) is 5.57 Å². The van der Waals surface area contributed by atoms with Crippen LogP contribution in [-0.2, 0) is 0 Å². The maximum Gasteiger partial charge on any atom is 0.121 e. The average Bonchev–Trinajstić information content (AvgIpc) is 2.89. The molecule has 0 fully saturated rings. The minimum absolute atomic E-state index is 0.835. The first-order chi connectivity index (χ1) is 9.76. The number of methoxy groups -OCH3 is 1. The van der Waals surface area contributed by atoms with Crippen LogP contribution in [0.1, 0.15) is 5.56 Å². The highest BCUT2D eigenvalue weighted by molar-refractivity contribution is 6.16. The van der Waals surface area contributed by atoms with Crippen LogP contribution in [0.3, 0.4) is 0 Å². The molecule has 0 aliphatic carbocycles. The molecule has 0 saturated carbocycles. The Morgan fingerprint density at radius 1 is 1.15 bits per heavy atom. The van der Waals surface area contributed by atoms with Crippen LogP contribution in [0.2, 0.25) is 0 Å². The summed E-state index contributed by atoms with van der Waals surface area (Å²) >= 11 is 0. The molecular formula is C17H16N2O. The number of rotatable bonds is 2. The fourth-order valence-electron chi connectivity index (χ4n) is 2.14. The van der Waals surface area contributed by atoms with Crippen LogP contribution in [0.15, 0.2) is 65.5 Å². The summed E-state index contributed by atoms with van der Waals surface area (Å²) in [5.74, 6) is 0.835. The average molecular weight is 264 g/mol. The van der Waals surface area contributed by atoms with E-state index in [2.05, 4.69) is 29.3 Å². The van der Waals surface area contributed by atoms with Gasteiger partial charge in [0.25, 0.3) is 0 Å². The highest BCUT2D eigenvalue weighted by Crippen LogP contribution is 2.34. The Balaban J connectivity index is 1.87. The Kier molecular flexibility index (Phi) is 3.25. The molecule has 1 aromatic carbocycles. The largest absolute Gasteiger partial charge is 0.497 e. The minimum atomic E-state index is 0.835. The molecule has 0 spiro atoms. The van der Waals surface area contributed by atoms with E-state index in [4.69, 9.17) is 4.74 Å². The summed E-state index contributed by atoms with van der Waals surface area (Å²) in [7, 11) is 3.68. The van der Waals surface area contributed by atoms with Gasteiger partial charge in [-0.05, 0) is 29.9 Å². The first-order valence-electron chi connectivity index (χ1n) is 6.49. The smallest absolute Gasteiger partial charge is 0.121 e. The quantitative estimate of drug-likeness (QED) is 0.813. The number of hydrogen-bond acceptors (Lipinski definition) is 3. The molecule has 0 bridgehead atoms. The van der Waals surface area contributed by atoms with Crippen LogP contribution in [-0.4, -0.2) is 25.3 Å². The number of ether oxygens (including phenoxy) is 1. The zero-order valence-corrected chi connectivity index (χ0v) is 11.6. The maximum atomic E-state index is 5.21. The molecule has 100 valence electrons. The Morgan fingerprint density at radius 3 is 2.70 bits per heavy atom.